The second-order valence-corrected chi connectivity index (χ2v) is 8.09. The number of nitrogens with zero attached hydrogens (tertiary/aromatic N) is 3. The molecule has 0 radical (unpaired) electrons. The second-order valence-electron chi connectivity index (χ2n) is 5.34. The van der Waals surface area contributed by atoms with E-state index in [1.165, 1.54) is 22.8 Å². The van der Waals surface area contributed by atoms with E-state index < -0.39 is 10.0 Å². The molecule has 1 saturated heterocycles. The van der Waals surface area contributed by atoms with Gasteiger partial charge in [-0.3, -0.25) is 0 Å². The Balaban J connectivity index is 1.64. The minimum atomic E-state index is -3.60. The van der Waals surface area contributed by atoms with Gasteiger partial charge in [-0.2, -0.15) is 4.31 Å². The molecule has 128 valence electrons. The molecule has 2 heterocycles. The molecule has 9 heteroatoms. The normalized spacial score (nSPS) is 16.9. The predicted octanol–water partition coefficient (Wildman–Crippen LogP) is 3.02. The summed E-state index contributed by atoms with van der Waals surface area (Å²) in [6.45, 7) is 0.706. The number of benzene rings is 1. The number of halogens is 2. The van der Waals surface area contributed by atoms with E-state index in [1.54, 1.807) is 18.2 Å². The molecule has 1 fully saturated rings. The van der Waals surface area contributed by atoms with Crippen molar-refractivity contribution in [3.63, 3.8) is 0 Å². The summed E-state index contributed by atoms with van der Waals surface area (Å²) < 4.78 is 32.4. The monoisotopic (exact) mass is 387 g/mol. The second kappa shape index (κ2) is 7.23. The fourth-order valence-corrected chi connectivity index (χ4v) is 4.55. The third kappa shape index (κ3) is 3.80. The number of sulfonamides is 1. The number of hydrogen-bond donors (Lipinski definition) is 0. The highest BCUT2D eigenvalue weighted by Crippen LogP contribution is 2.27. The van der Waals surface area contributed by atoms with Gasteiger partial charge in [-0.1, -0.05) is 35.3 Å². The first-order valence-corrected chi connectivity index (χ1v) is 9.55. The molecule has 0 spiro atoms. The van der Waals surface area contributed by atoms with Crippen molar-refractivity contribution in [2.24, 2.45) is 0 Å². The number of ether oxygens (including phenoxy) is 1. The van der Waals surface area contributed by atoms with E-state index in [1.807, 2.05) is 0 Å². The third-order valence-electron chi connectivity index (χ3n) is 3.72. The van der Waals surface area contributed by atoms with Crippen LogP contribution in [0.5, 0.6) is 6.01 Å². The average molecular weight is 388 g/mol. The fraction of sp³-hybridized carbons (Fsp3) is 0.333. The molecule has 6 nitrogen and oxygen atoms in total. The highest BCUT2D eigenvalue weighted by atomic mass is 35.5. The molecule has 0 atom stereocenters. The van der Waals surface area contributed by atoms with Crippen LogP contribution in [-0.4, -0.2) is 41.9 Å². The van der Waals surface area contributed by atoms with Gasteiger partial charge in [-0.15, -0.1) is 0 Å². The molecule has 2 aromatic rings. The van der Waals surface area contributed by atoms with Crippen molar-refractivity contribution in [2.45, 2.75) is 23.8 Å². The van der Waals surface area contributed by atoms with Crippen molar-refractivity contribution in [3.05, 3.63) is 46.7 Å². The zero-order chi connectivity index (χ0) is 17.2. The average Bonchev–Trinajstić information content (AvgIpc) is 2.58. The Morgan fingerprint density at radius 2 is 1.71 bits per heavy atom. The van der Waals surface area contributed by atoms with E-state index in [2.05, 4.69) is 9.97 Å². The number of rotatable bonds is 4. The Labute approximate surface area is 150 Å². The Bertz CT molecular complexity index is 807. The van der Waals surface area contributed by atoms with Gasteiger partial charge >= 0.3 is 6.01 Å². The molecule has 0 saturated carbocycles. The Kier molecular flexibility index (Phi) is 5.24. The van der Waals surface area contributed by atoms with Gasteiger partial charge in [0.1, 0.15) is 11.0 Å². The maximum absolute atomic E-state index is 12.7. The zero-order valence-corrected chi connectivity index (χ0v) is 14.9. The van der Waals surface area contributed by atoms with E-state index >= 15 is 0 Å². The quantitative estimate of drug-likeness (QED) is 0.805. The molecule has 0 aliphatic carbocycles. The summed E-state index contributed by atoms with van der Waals surface area (Å²) in [6.07, 6.45) is 3.89. The molecular weight excluding hydrogens is 373 g/mol. The lowest BCUT2D eigenvalue weighted by molar-refractivity contribution is 0.124. The largest absolute Gasteiger partial charge is 0.460 e. The van der Waals surface area contributed by atoms with E-state index in [0.29, 0.717) is 31.0 Å². The van der Waals surface area contributed by atoms with E-state index in [9.17, 15) is 8.42 Å². The lowest BCUT2D eigenvalue weighted by atomic mass is 10.1. The molecule has 0 unspecified atom stereocenters. The third-order valence-corrected chi connectivity index (χ3v) is 6.32. The molecule has 1 aromatic heterocycles. The Hall–Kier alpha value is -1.41. The van der Waals surface area contributed by atoms with Crippen LogP contribution in [0, 0.1) is 0 Å². The van der Waals surface area contributed by atoms with Gasteiger partial charge in [0.15, 0.2) is 0 Å². The van der Waals surface area contributed by atoms with Crippen molar-refractivity contribution >= 4 is 33.2 Å². The van der Waals surface area contributed by atoms with E-state index in [-0.39, 0.29) is 22.0 Å². The first kappa shape index (κ1) is 17.4. The summed E-state index contributed by atoms with van der Waals surface area (Å²) in [7, 11) is -3.60. The van der Waals surface area contributed by atoms with Crippen molar-refractivity contribution in [3.8, 4) is 6.01 Å². The lowest BCUT2D eigenvalue weighted by Crippen LogP contribution is -2.41. The molecule has 1 aliphatic heterocycles. The van der Waals surface area contributed by atoms with Gasteiger partial charge in [-0.25, -0.2) is 18.4 Å². The van der Waals surface area contributed by atoms with Gasteiger partial charge in [0.25, 0.3) is 0 Å². The molecule has 1 aliphatic rings. The number of hydrogen-bond acceptors (Lipinski definition) is 5. The van der Waals surface area contributed by atoms with Crippen molar-refractivity contribution in [1.82, 2.24) is 14.3 Å². The van der Waals surface area contributed by atoms with Crippen molar-refractivity contribution in [2.75, 3.05) is 13.1 Å². The van der Waals surface area contributed by atoms with Crippen LogP contribution in [0.2, 0.25) is 10.0 Å². The van der Waals surface area contributed by atoms with Gasteiger partial charge in [-0.05, 0) is 25.0 Å². The van der Waals surface area contributed by atoms with Crippen LogP contribution in [0.25, 0.3) is 0 Å². The zero-order valence-electron chi connectivity index (χ0n) is 12.6. The Morgan fingerprint density at radius 1 is 1.08 bits per heavy atom. The standard InChI is InChI=1S/C15H15Cl2N3O3S/c16-11-9-18-15(19-10-11)23-12-5-7-20(8-6-12)24(21,22)14-4-2-1-3-13(14)17/h1-4,9-10,12H,5-8H2. The van der Waals surface area contributed by atoms with E-state index in [4.69, 9.17) is 27.9 Å². The maximum atomic E-state index is 12.7. The van der Waals surface area contributed by atoms with Gasteiger partial charge in [0.2, 0.25) is 10.0 Å². The highest BCUT2D eigenvalue weighted by Gasteiger charge is 2.31. The van der Waals surface area contributed by atoms with Crippen LogP contribution in [-0.2, 0) is 10.0 Å². The molecular formula is C15H15Cl2N3O3S. The smallest absolute Gasteiger partial charge is 0.316 e. The number of aromatic nitrogens is 2. The maximum Gasteiger partial charge on any atom is 0.316 e. The van der Waals surface area contributed by atoms with Crippen LogP contribution in [0.4, 0.5) is 0 Å². The molecule has 1 aromatic carbocycles. The Morgan fingerprint density at radius 3 is 2.33 bits per heavy atom. The summed E-state index contributed by atoms with van der Waals surface area (Å²) in [5.74, 6) is 0. The van der Waals surface area contributed by atoms with Gasteiger partial charge in [0.05, 0.1) is 22.4 Å². The van der Waals surface area contributed by atoms with E-state index in [0.717, 1.165) is 0 Å². The lowest BCUT2D eigenvalue weighted by Gasteiger charge is -2.31. The van der Waals surface area contributed by atoms with Gasteiger partial charge < -0.3 is 4.74 Å². The van der Waals surface area contributed by atoms with Crippen molar-refractivity contribution in [1.29, 1.82) is 0 Å². The highest BCUT2D eigenvalue weighted by molar-refractivity contribution is 7.89. The molecule has 0 N–H and O–H groups in total. The van der Waals surface area contributed by atoms with Crippen molar-refractivity contribution < 1.29 is 13.2 Å². The summed E-state index contributed by atoms with van der Waals surface area (Å²) >= 11 is 11.7. The van der Waals surface area contributed by atoms with Crippen LogP contribution in [0.1, 0.15) is 12.8 Å². The minimum absolute atomic E-state index is 0.132. The molecule has 0 bridgehead atoms. The first-order valence-electron chi connectivity index (χ1n) is 7.36. The summed E-state index contributed by atoms with van der Waals surface area (Å²) in [4.78, 5) is 8.10. The summed E-state index contributed by atoms with van der Waals surface area (Å²) in [5, 5.41) is 0.661. The molecule has 3 rings (SSSR count). The fourth-order valence-electron chi connectivity index (χ4n) is 2.49. The molecule has 24 heavy (non-hydrogen) atoms. The van der Waals surface area contributed by atoms with Crippen LogP contribution in [0.3, 0.4) is 0 Å². The topological polar surface area (TPSA) is 72.4 Å². The van der Waals surface area contributed by atoms with Crippen LogP contribution in [0.15, 0.2) is 41.6 Å². The summed E-state index contributed by atoms with van der Waals surface area (Å²) in [5.41, 5.74) is 0. The predicted molar refractivity (Wildman–Crippen MR) is 90.9 cm³/mol. The van der Waals surface area contributed by atoms with Crippen LogP contribution < -0.4 is 4.74 Å². The molecule has 0 amide bonds. The summed E-state index contributed by atoms with van der Waals surface area (Å²) in [6, 6.07) is 6.69. The number of piperidine rings is 1. The first-order chi connectivity index (χ1) is 11.5. The SMILES string of the molecule is O=S(=O)(c1ccccc1Cl)N1CCC(Oc2ncc(Cl)cn2)CC1. The van der Waals surface area contributed by atoms with Gasteiger partial charge in [0, 0.05) is 13.1 Å². The van der Waals surface area contributed by atoms with Crippen LogP contribution >= 0.6 is 23.2 Å². The minimum Gasteiger partial charge on any atom is -0.460 e.